The van der Waals surface area contributed by atoms with E-state index in [4.69, 9.17) is 9.47 Å². The molecule has 26 heavy (non-hydrogen) atoms. The van der Waals surface area contributed by atoms with Gasteiger partial charge in [-0.15, -0.1) is 0 Å². The number of carbonyl (C=O) groups excluding carboxylic acids is 3. The van der Waals surface area contributed by atoms with Gasteiger partial charge >= 0.3 is 11.9 Å². The number of unbranched alkanes of at least 4 members (excludes halogenated alkanes) is 1. The molecule has 0 atom stereocenters. The van der Waals surface area contributed by atoms with Crippen molar-refractivity contribution in [2.45, 2.75) is 55.4 Å². The van der Waals surface area contributed by atoms with Crippen LogP contribution in [-0.4, -0.2) is 49.1 Å². The van der Waals surface area contributed by atoms with Gasteiger partial charge in [0.1, 0.15) is 13.2 Å². The summed E-state index contributed by atoms with van der Waals surface area (Å²) in [6, 6.07) is 0. The predicted molar refractivity (Wildman–Crippen MR) is 109 cm³/mol. The number of nitrogens with one attached hydrogen (secondary N) is 1. The fraction of sp³-hybridized carbons (Fsp3) is 0.737. The molecule has 1 amide bonds. The molecule has 0 aromatic heterocycles. The molecule has 0 saturated carbocycles. The van der Waals surface area contributed by atoms with E-state index in [0.29, 0.717) is 23.7 Å². The highest BCUT2D eigenvalue weighted by Crippen LogP contribution is 2.23. The van der Waals surface area contributed by atoms with E-state index in [-0.39, 0.29) is 39.9 Å². The summed E-state index contributed by atoms with van der Waals surface area (Å²) in [6.45, 7) is 11.3. The number of hydrogen-bond acceptors (Lipinski definition) is 6. The van der Waals surface area contributed by atoms with Crippen molar-refractivity contribution >= 4 is 29.6 Å². The van der Waals surface area contributed by atoms with Gasteiger partial charge in [0.05, 0.1) is 12.0 Å². The number of esters is 2. The summed E-state index contributed by atoms with van der Waals surface area (Å²) in [5.74, 6) is 0.0874. The maximum atomic E-state index is 11.9. The van der Waals surface area contributed by atoms with Gasteiger partial charge in [0.25, 0.3) is 0 Å². The van der Waals surface area contributed by atoms with Crippen molar-refractivity contribution in [3.05, 3.63) is 12.2 Å². The van der Waals surface area contributed by atoms with Crippen LogP contribution in [0.4, 0.5) is 0 Å². The summed E-state index contributed by atoms with van der Waals surface area (Å²) in [7, 11) is 0. The van der Waals surface area contributed by atoms with Crippen molar-refractivity contribution in [3.63, 3.8) is 0 Å². The molecule has 0 saturated heterocycles. The van der Waals surface area contributed by atoms with Crippen molar-refractivity contribution in [2.75, 3.05) is 31.3 Å². The molecule has 1 N–H and O–H groups in total. The largest absolute Gasteiger partial charge is 0.465 e. The van der Waals surface area contributed by atoms with Crippen LogP contribution in [0, 0.1) is 5.41 Å². The van der Waals surface area contributed by atoms with E-state index in [1.807, 2.05) is 20.8 Å². The molecule has 0 radical (unpaired) electrons. The van der Waals surface area contributed by atoms with Crippen molar-refractivity contribution in [1.29, 1.82) is 0 Å². The zero-order valence-electron chi connectivity index (χ0n) is 15.1. The van der Waals surface area contributed by atoms with Crippen LogP contribution in [0.2, 0.25) is 0 Å². The fourth-order valence-electron chi connectivity index (χ4n) is 1.46. The van der Waals surface area contributed by atoms with Crippen molar-refractivity contribution in [3.8, 4) is 0 Å². The maximum absolute atomic E-state index is 11.9. The molecule has 154 valence electrons. The number of amides is 1. The average molecular weight is 392 g/mol. The Hall–Kier alpha value is -1.50. The Morgan fingerprint density at radius 1 is 1.12 bits per heavy atom. The Labute approximate surface area is 163 Å². The van der Waals surface area contributed by atoms with E-state index in [9.17, 15) is 14.4 Å². The first kappa shape index (κ1) is 29.3. The van der Waals surface area contributed by atoms with Crippen LogP contribution in [0.15, 0.2) is 12.2 Å². The van der Waals surface area contributed by atoms with Crippen molar-refractivity contribution in [1.82, 2.24) is 5.32 Å². The number of rotatable bonds is 12. The molecule has 0 rings (SSSR count). The van der Waals surface area contributed by atoms with Gasteiger partial charge in [-0.05, 0) is 27.2 Å². The van der Waals surface area contributed by atoms with Gasteiger partial charge in [0.15, 0.2) is 0 Å². The SMILES string of the molecule is C.C.C=C(C)C(=O)NCC(=O)OCCSCC(C)(C)C(=O)OCCCC. The molecular formula is C19H37NO5S. The molecule has 0 bridgehead atoms. The lowest BCUT2D eigenvalue weighted by Gasteiger charge is -2.22. The van der Waals surface area contributed by atoms with Crippen LogP contribution in [0.1, 0.15) is 55.4 Å². The summed E-state index contributed by atoms with van der Waals surface area (Å²) >= 11 is 1.52. The minimum atomic E-state index is -0.572. The predicted octanol–water partition coefficient (Wildman–Crippen LogP) is 3.60. The van der Waals surface area contributed by atoms with Gasteiger partial charge in [-0.25, -0.2) is 0 Å². The first-order valence-corrected chi connectivity index (χ1v) is 9.20. The third-order valence-corrected chi connectivity index (χ3v) is 4.40. The second-order valence-corrected chi connectivity index (χ2v) is 7.21. The maximum Gasteiger partial charge on any atom is 0.325 e. The zero-order valence-corrected chi connectivity index (χ0v) is 15.9. The van der Waals surface area contributed by atoms with E-state index in [1.165, 1.54) is 11.8 Å². The topological polar surface area (TPSA) is 81.7 Å². The molecule has 7 heteroatoms. The number of carbonyl (C=O) groups is 3. The number of thioether (sulfide) groups is 1. The minimum Gasteiger partial charge on any atom is -0.465 e. The molecule has 0 aliphatic heterocycles. The van der Waals surface area contributed by atoms with Gasteiger partial charge < -0.3 is 14.8 Å². The fourth-order valence-corrected chi connectivity index (χ4v) is 2.43. The lowest BCUT2D eigenvalue weighted by molar-refractivity contribution is -0.152. The minimum absolute atomic E-state index is 0. The van der Waals surface area contributed by atoms with Gasteiger partial charge in [0.2, 0.25) is 5.91 Å². The van der Waals surface area contributed by atoms with E-state index in [2.05, 4.69) is 11.9 Å². The molecule has 0 aromatic carbocycles. The van der Waals surface area contributed by atoms with E-state index in [0.717, 1.165) is 12.8 Å². The summed E-state index contributed by atoms with van der Waals surface area (Å²) < 4.78 is 10.2. The quantitative estimate of drug-likeness (QED) is 0.311. The molecule has 0 aromatic rings. The first-order chi connectivity index (χ1) is 11.2. The van der Waals surface area contributed by atoms with Gasteiger partial charge in [0, 0.05) is 17.1 Å². The standard InChI is InChI=1S/C17H29NO5S.2CH4/c1-6-7-8-23-16(21)17(4,5)12-24-10-9-22-14(19)11-18-15(20)13(2)3;;/h2,6-12H2,1,3-5H3,(H,18,20);2*1H4. The van der Waals surface area contributed by atoms with Crippen LogP contribution in [0.25, 0.3) is 0 Å². The lowest BCUT2D eigenvalue weighted by Crippen LogP contribution is -2.31. The van der Waals surface area contributed by atoms with Crippen LogP contribution in [-0.2, 0) is 23.9 Å². The summed E-state index contributed by atoms with van der Waals surface area (Å²) in [4.78, 5) is 34.6. The van der Waals surface area contributed by atoms with Crippen LogP contribution < -0.4 is 5.32 Å². The zero-order chi connectivity index (χ0) is 18.6. The third kappa shape index (κ3) is 13.8. The highest BCUT2D eigenvalue weighted by molar-refractivity contribution is 7.99. The molecular weight excluding hydrogens is 354 g/mol. The lowest BCUT2D eigenvalue weighted by atomic mass is 9.97. The average Bonchev–Trinajstić information content (AvgIpc) is 2.52. The van der Waals surface area contributed by atoms with Crippen molar-refractivity contribution in [2.24, 2.45) is 5.41 Å². The summed E-state index contributed by atoms with van der Waals surface area (Å²) in [6.07, 6.45) is 1.85. The smallest absolute Gasteiger partial charge is 0.325 e. The number of hydrogen-bond donors (Lipinski definition) is 1. The molecule has 0 unspecified atom stereocenters. The van der Waals surface area contributed by atoms with E-state index < -0.39 is 11.4 Å². The highest BCUT2D eigenvalue weighted by Gasteiger charge is 2.29. The Kier molecular flexibility index (Phi) is 17.7. The highest BCUT2D eigenvalue weighted by atomic mass is 32.2. The van der Waals surface area contributed by atoms with Crippen LogP contribution >= 0.6 is 11.8 Å². The van der Waals surface area contributed by atoms with Gasteiger partial charge in [-0.1, -0.05) is 34.8 Å². The Morgan fingerprint density at radius 2 is 1.73 bits per heavy atom. The summed E-state index contributed by atoms with van der Waals surface area (Å²) in [5.41, 5.74) is -0.232. The molecule has 0 fully saturated rings. The van der Waals surface area contributed by atoms with Crippen molar-refractivity contribution < 1.29 is 23.9 Å². The second-order valence-electron chi connectivity index (χ2n) is 6.11. The van der Waals surface area contributed by atoms with E-state index in [1.54, 1.807) is 6.92 Å². The Balaban J connectivity index is -0.00000264. The van der Waals surface area contributed by atoms with Gasteiger partial charge in [-0.2, -0.15) is 11.8 Å². The monoisotopic (exact) mass is 391 g/mol. The molecule has 0 aliphatic rings. The Morgan fingerprint density at radius 3 is 2.27 bits per heavy atom. The second kappa shape index (κ2) is 15.7. The molecule has 0 heterocycles. The first-order valence-electron chi connectivity index (χ1n) is 8.05. The van der Waals surface area contributed by atoms with Gasteiger partial charge in [-0.3, -0.25) is 14.4 Å². The normalized spacial score (nSPS) is 10.0. The number of ether oxygens (including phenoxy) is 2. The Bertz CT molecular complexity index is 449. The molecule has 6 nitrogen and oxygen atoms in total. The molecule has 0 spiro atoms. The van der Waals surface area contributed by atoms with Crippen LogP contribution in [0.3, 0.4) is 0 Å². The van der Waals surface area contributed by atoms with Crippen LogP contribution in [0.5, 0.6) is 0 Å². The third-order valence-electron chi connectivity index (χ3n) is 3.02. The summed E-state index contributed by atoms with van der Waals surface area (Å²) in [5, 5.41) is 2.41. The van der Waals surface area contributed by atoms with E-state index >= 15 is 0 Å². The molecule has 0 aliphatic carbocycles.